The highest BCUT2D eigenvalue weighted by Crippen LogP contribution is 2.38. The Hall–Kier alpha value is -2.20. The number of fused-ring (bicyclic) bond motifs is 5. The molecule has 21 heavy (non-hydrogen) atoms. The summed E-state index contributed by atoms with van der Waals surface area (Å²) in [5.74, 6) is 0.0887. The summed E-state index contributed by atoms with van der Waals surface area (Å²) in [6.07, 6.45) is 3.48. The van der Waals surface area contributed by atoms with Crippen LogP contribution in [0, 0.1) is 0 Å². The molecule has 0 bridgehead atoms. The maximum atomic E-state index is 12.9. The summed E-state index contributed by atoms with van der Waals surface area (Å²) in [5.41, 5.74) is 3.68. The van der Waals surface area contributed by atoms with Gasteiger partial charge in [0.1, 0.15) is 0 Å². The minimum atomic E-state index is 0.0887. The first-order valence-corrected chi connectivity index (χ1v) is 7.28. The number of nitrogens with zero attached hydrogens (tertiary/aromatic N) is 3. The lowest BCUT2D eigenvalue weighted by molar-refractivity contribution is 0.103. The molecular formula is C17H17N3O. The molecule has 4 nitrogen and oxygen atoms in total. The zero-order chi connectivity index (χ0) is 14.4. The fraction of sp³-hybridized carbons (Fsp3) is 0.294. The second-order valence-corrected chi connectivity index (χ2v) is 5.78. The van der Waals surface area contributed by atoms with E-state index in [1.54, 1.807) is 12.4 Å². The molecule has 0 N–H and O–H groups in total. The van der Waals surface area contributed by atoms with Gasteiger partial charge in [0.25, 0.3) is 0 Å². The molecule has 0 aliphatic carbocycles. The summed E-state index contributed by atoms with van der Waals surface area (Å²) in [6.45, 7) is 2.88. The zero-order valence-electron chi connectivity index (χ0n) is 12.0. The number of benzene rings is 1. The number of piperazine rings is 1. The van der Waals surface area contributed by atoms with Crippen LogP contribution in [0.3, 0.4) is 0 Å². The van der Waals surface area contributed by atoms with E-state index in [2.05, 4.69) is 27.9 Å². The minimum absolute atomic E-state index is 0.0887. The standard InChI is InChI=1S/C17H17N3O/c1-19-8-9-20-15-6-7-18-10-14(15)17(21)13-5-3-2-4-12(13)16(20)11-19/h2-7,10,16H,8-9,11H2,1H3. The topological polar surface area (TPSA) is 36.4 Å². The SMILES string of the molecule is CN1CCN2c3ccncc3C(=O)c3ccccc3C2C1. The van der Waals surface area contributed by atoms with Crippen molar-refractivity contribution in [2.45, 2.75) is 6.04 Å². The fourth-order valence-electron chi connectivity index (χ4n) is 3.43. The van der Waals surface area contributed by atoms with Gasteiger partial charge in [-0.1, -0.05) is 24.3 Å². The molecule has 1 fully saturated rings. The highest BCUT2D eigenvalue weighted by Gasteiger charge is 2.35. The van der Waals surface area contributed by atoms with Crippen LogP contribution in [0.2, 0.25) is 0 Å². The van der Waals surface area contributed by atoms with E-state index in [0.717, 1.165) is 42.0 Å². The van der Waals surface area contributed by atoms with Gasteiger partial charge in [-0.05, 0) is 18.7 Å². The van der Waals surface area contributed by atoms with Gasteiger partial charge in [0.2, 0.25) is 0 Å². The first kappa shape index (κ1) is 12.5. The van der Waals surface area contributed by atoms with Gasteiger partial charge in [0.15, 0.2) is 5.78 Å². The number of ketones is 1. The first-order valence-electron chi connectivity index (χ1n) is 7.28. The van der Waals surface area contributed by atoms with Crippen LogP contribution in [0.1, 0.15) is 27.5 Å². The molecule has 4 heteroatoms. The van der Waals surface area contributed by atoms with E-state index in [1.165, 1.54) is 0 Å². The molecule has 0 amide bonds. The van der Waals surface area contributed by atoms with Crippen molar-refractivity contribution in [2.24, 2.45) is 0 Å². The van der Waals surface area contributed by atoms with Crippen LogP contribution in [-0.4, -0.2) is 42.3 Å². The Balaban J connectivity index is 1.97. The lowest BCUT2D eigenvalue weighted by Gasteiger charge is -2.41. The van der Waals surface area contributed by atoms with Gasteiger partial charge >= 0.3 is 0 Å². The van der Waals surface area contributed by atoms with E-state index in [1.807, 2.05) is 24.3 Å². The third kappa shape index (κ3) is 1.87. The predicted octanol–water partition coefficient (Wildman–Crippen LogP) is 2.12. The van der Waals surface area contributed by atoms with Gasteiger partial charge in [-0.15, -0.1) is 0 Å². The molecule has 2 aliphatic heterocycles. The number of aromatic nitrogens is 1. The van der Waals surface area contributed by atoms with Crippen LogP contribution in [0.5, 0.6) is 0 Å². The van der Waals surface area contributed by atoms with Crippen molar-refractivity contribution in [1.82, 2.24) is 9.88 Å². The molecule has 2 aliphatic rings. The molecule has 1 aromatic heterocycles. The molecule has 0 spiro atoms. The zero-order valence-corrected chi connectivity index (χ0v) is 12.0. The summed E-state index contributed by atoms with van der Waals surface area (Å²) >= 11 is 0. The van der Waals surface area contributed by atoms with E-state index in [4.69, 9.17) is 0 Å². The smallest absolute Gasteiger partial charge is 0.197 e. The monoisotopic (exact) mass is 279 g/mol. The summed E-state index contributed by atoms with van der Waals surface area (Å²) in [4.78, 5) is 21.7. The maximum Gasteiger partial charge on any atom is 0.197 e. The van der Waals surface area contributed by atoms with Crippen LogP contribution < -0.4 is 4.90 Å². The summed E-state index contributed by atoms with van der Waals surface area (Å²) in [7, 11) is 2.14. The van der Waals surface area contributed by atoms with Gasteiger partial charge in [-0.2, -0.15) is 0 Å². The average Bonchev–Trinajstić information content (AvgIpc) is 2.63. The van der Waals surface area contributed by atoms with Crippen LogP contribution in [-0.2, 0) is 0 Å². The molecule has 1 saturated heterocycles. The number of pyridine rings is 1. The number of anilines is 1. The van der Waals surface area contributed by atoms with Crippen molar-refractivity contribution in [3.05, 3.63) is 59.4 Å². The van der Waals surface area contributed by atoms with Crippen LogP contribution in [0.4, 0.5) is 5.69 Å². The quantitative estimate of drug-likeness (QED) is 0.740. The number of carbonyl (C=O) groups excluding carboxylic acids is 1. The summed E-state index contributed by atoms with van der Waals surface area (Å²) in [6, 6.07) is 10.2. The summed E-state index contributed by atoms with van der Waals surface area (Å²) < 4.78 is 0. The molecule has 1 atom stereocenters. The first-order chi connectivity index (χ1) is 10.3. The van der Waals surface area contributed by atoms with Gasteiger partial charge in [0.05, 0.1) is 17.3 Å². The molecule has 1 unspecified atom stereocenters. The highest BCUT2D eigenvalue weighted by molar-refractivity contribution is 6.14. The Bertz CT molecular complexity index is 713. The van der Waals surface area contributed by atoms with Crippen molar-refractivity contribution in [2.75, 3.05) is 31.6 Å². The second kappa shape index (κ2) is 4.67. The van der Waals surface area contributed by atoms with Gasteiger partial charge in [0, 0.05) is 37.6 Å². The number of carbonyl (C=O) groups is 1. The Kier molecular flexibility index (Phi) is 2.79. The number of rotatable bonds is 0. The maximum absolute atomic E-state index is 12.9. The van der Waals surface area contributed by atoms with Crippen molar-refractivity contribution in [1.29, 1.82) is 0 Å². The summed E-state index contributed by atoms with van der Waals surface area (Å²) in [5, 5.41) is 0. The normalized spacial score (nSPS) is 21.3. The molecule has 1 aromatic carbocycles. The Labute approximate surface area is 124 Å². The van der Waals surface area contributed by atoms with Crippen molar-refractivity contribution in [3.63, 3.8) is 0 Å². The molecule has 0 saturated carbocycles. The Morgan fingerprint density at radius 3 is 2.90 bits per heavy atom. The molecular weight excluding hydrogens is 262 g/mol. The van der Waals surface area contributed by atoms with E-state index < -0.39 is 0 Å². The highest BCUT2D eigenvalue weighted by atomic mass is 16.1. The molecule has 106 valence electrons. The van der Waals surface area contributed by atoms with Crippen molar-refractivity contribution >= 4 is 11.5 Å². The number of likely N-dealkylation sites (N-methyl/N-ethyl adjacent to an activating group) is 1. The lowest BCUT2D eigenvalue weighted by Crippen LogP contribution is -2.46. The van der Waals surface area contributed by atoms with E-state index >= 15 is 0 Å². The molecule has 4 rings (SSSR count). The minimum Gasteiger partial charge on any atom is -0.361 e. The number of hydrogen-bond acceptors (Lipinski definition) is 4. The fourth-order valence-corrected chi connectivity index (χ4v) is 3.43. The molecule has 3 heterocycles. The predicted molar refractivity (Wildman–Crippen MR) is 81.7 cm³/mol. The molecule has 2 aromatic rings. The lowest BCUT2D eigenvalue weighted by atomic mass is 9.95. The second-order valence-electron chi connectivity index (χ2n) is 5.78. The Morgan fingerprint density at radius 1 is 1.14 bits per heavy atom. The third-order valence-electron chi connectivity index (χ3n) is 4.50. The van der Waals surface area contributed by atoms with Gasteiger partial charge in [-0.3, -0.25) is 9.78 Å². The van der Waals surface area contributed by atoms with Crippen LogP contribution >= 0.6 is 0 Å². The van der Waals surface area contributed by atoms with E-state index in [-0.39, 0.29) is 11.8 Å². The van der Waals surface area contributed by atoms with E-state index in [0.29, 0.717) is 0 Å². The largest absolute Gasteiger partial charge is 0.361 e. The van der Waals surface area contributed by atoms with Crippen molar-refractivity contribution < 1.29 is 4.79 Å². The van der Waals surface area contributed by atoms with Crippen molar-refractivity contribution in [3.8, 4) is 0 Å². The Morgan fingerprint density at radius 2 is 2.00 bits per heavy atom. The molecule has 0 radical (unpaired) electrons. The number of hydrogen-bond donors (Lipinski definition) is 0. The van der Waals surface area contributed by atoms with Crippen LogP contribution in [0.15, 0.2) is 42.7 Å². The third-order valence-corrected chi connectivity index (χ3v) is 4.50. The van der Waals surface area contributed by atoms with Crippen LogP contribution in [0.25, 0.3) is 0 Å². The van der Waals surface area contributed by atoms with E-state index in [9.17, 15) is 4.79 Å². The van der Waals surface area contributed by atoms with Gasteiger partial charge < -0.3 is 9.80 Å². The average molecular weight is 279 g/mol. The van der Waals surface area contributed by atoms with Gasteiger partial charge in [-0.25, -0.2) is 0 Å².